The third-order valence-corrected chi connectivity index (χ3v) is 2.89. The SMILES string of the molecule is CC.CC(C)CCON=O.Nc1cc2ccccc2cc1OC=O. The third kappa shape index (κ3) is 8.12. The Hall–Kier alpha value is -2.63. The van der Waals surface area contributed by atoms with E-state index in [0.717, 1.165) is 17.2 Å². The van der Waals surface area contributed by atoms with Crippen LogP contribution in [-0.4, -0.2) is 13.1 Å². The van der Waals surface area contributed by atoms with Gasteiger partial charge in [-0.15, -0.1) is 4.91 Å². The first-order chi connectivity index (χ1) is 11.6. The number of carbonyl (C=O) groups excluding carboxylic acids is 1. The molecule has 0 heterocycles. The van der Waals surface area contributed by atoms with Crippen LogP contribution in [0.1, 0.15) is 34.1 Å². The monoisotopic (exact) mass is 334 g/mol. The molecule has 24 heavy (non-hydrogen) atoms. The van der Waals surface area contributed by atoms with Gasteiger partial charge < -0.3 is 15.3 Å². The van der Waals surface area contributed by atoms with E-state index in [4.69, 9.17) is 10.5 Å². The lowest BCUT2D eigenvalue weighted by atomic mass is 10.1. The molecule has 0 saturated carbocycles. The number of nitrogen functional groups attached to an aromatic ring is 1. The summed E-state index contributed by atoms with van der Waals surface area (Å²) in [6, 6.07) is 11.3. The summed E-state index contributed by atoms with van der Waals surface area (Å²) < 4.78 is 4.74. The molecule has 0 radical (unpaired) electrons. The van der Waals surface area contributed by atoms with Crippen LogP contribution in [0.3, 0.4) is 0 Å². The second kappa shape index (κ2) is 12.9. The van der Waals surface area contributed by atoms with Crippen LogP contribution in [-0.2, 0) is 9.63 Å². The normalized spacial score (nSPS) is 9.21. The highest BCUT2D eigenvalue weighted by molar-refractivity contribution is 5.88. The molecule has 2 aromatic rings. The quantitative estimate of drug-likeness (QED) is 0.271. The van der Waals surface area contributed by atoms with Crippen molar-refractivity contribution < 1.29 is 14.4 Å². The van der Waals surface area contributed by atoms with E-state index in [0.29, 0.717) is 30.4 Å². The van der Waals surface area contributed by atoms with Gasteiger partial charge in [0.2, 0.25) is 0 Å². The van der Waals surface area contributed by atoms with Gasteiger partial charge in [-0.05, 0) is 35.2 Å². The molecule has 6 nitrogen and oxygen atoms in total. The van der Waals surface area contributed by atoms with Gasteiger partial charge in [0.15, 0.2) is 11.1 Å². The summed E-state index contributed by atoms with van der Waals surface area (Å²) in [6.07, 6.45) is 0.895. The first-order valence-corrected chi connectivity index (χ1v) is 7.91. The van der Waals surface area contributed by atoms with Crippen molar-refractivity contribution in [2.24, 2.45) is 11.3 Å². The van der Waals surface area contributed by atoms with Crippen molar-refractivity contribution in [1.82, 2.24) is 0 Å². The largest absolute Gasteiger partial charge is 0.427 e. The van der Waals surface area contributed by atoms with Gasteiger partial charge in [0.25, 0.3) is 6.47 Å². The molecule has 0 aromatic heterocycles. The minimum atomic E-state index is 0.375. The standard InChI is InChI=1S/C11H9NO2.C5H11NO2.C2H6/c12-10-5-8-3-1-2-4-9(8)6-11(10)14-7-13;1-5(2)3-4-8-6-7;1-2/h1-7H,12H2;5H,3-4H2,1-2H3;1-2H3. The molecule has 2 rings (SSSR count). The van der Waals surface area contributed by atoms with Gasteiger partial charge in [0, 0.05) is 0 Å². The first kappa shape index (κ1) is 21.4. The third-order valence-electron chi connectivity index (χ3n) is 2.89. The maximum Gasteiger partial charge on any atom is 0.298 e. The maximum absolute atomic E-state index is 10.2. The highest BCUT2D eigenvalue weighted by atomic mass is 16.7. The van der Waals surface area contributed by atoms with Gasteiger partial charge in [-0.1, -0.05) is 52.0 Å². The van der Waals surface area contributed by atoms with E-state index >= 15 is 0 Å². The Morgan fingerprint density at radius 1 is 1.17 bits per heavy atom. The van der Waals surface area contributed by atoms with Crippen molar-refractivity contribution in [1.29, 1.82) is 0 Å². The number of nitrogens with two attached hydrogens (primary N) is 1. The first-order valence-electron chi connectivity index (χ1n) is 7.91. The summed E-state index contributed by atoms with van der Waals surface area (Å²) >= 11 is 0. The summed E-state index contributed by atoms with van der Waals surface area (Å²) in [6.45, 7) is 8.95. The molecule has 0 aliphatic heterocycles. The highest BCUT2D eigenvalue weighted by Gasteiger charge is 2.02. The van der Waals surface area contributed by atoms with Gasteiger partial charge >= 0.3 is 0 Å². The number of carbonyl (C=O) groups is 1. The number of anilines is 1. The average Bonchev–Trinajstić information content (AvgIpc) is 2.58. The van der Waals surface area contributed by atoms with Gasteiger partial charge in [-0.3, -0.25) is 4.79 Å². The van der Waals surface area contributed by atoms with Gasteiger partial charge in [0.1, 0.15) is 6.61 Å². The van der Waals surface area contributed by atoms with E-state index in [2.05, 4.69) is 24.0 Å². The van der Waals surface area contributed by atoms with Crippen molar-refractivity contribution in [3.8, 4) is 5.75 Å². The van der Waals surface area contributed by atoms with Gasteiger partial charge in [-0.25, -0.2) is 0 Å². The van der Waals surface area contributed by atoms with E-state index in [1.807, 2.05) is 38.1 Å². The number of nitrogens with zero attached hydrogens (tertiary/aromatic N) is 1. The molecular weight excluding hydrogens is 308 g/mol. The van der Waals surface area contributed by atoms with Crippen LogP contribution in [0.4, 0.5) is 5.69 Å². The Morgan fingerprint density at radius 3 is 2.25 bits per heavy atom. The molecule has 2 N–H and O–H groups in total. The average molecular weight is 334 g/mol. The number of fused-ring (bicyclic) bond motifs is 1. The van der Waals surface area contributed by atoms with Crippen LogP contribution in [0.2, 0.25) is 0 Å². The molecule has 0 spiro atoms. The zero-order valence-corrected chi connectivity index (χ0v) is 14.7. The van der Waals surface area contributed by atoms with Crippen molar-refractivity contribution in [3.05, 3.63) is 41.3 Å². The molecule has 6 heteroatoms. The second-order valence-corrected chi connectivity index (χ2v) is 5.04. The van der Waals surface area contributed by atoms with Crippen molar-refractivity contribution in [2.45, 2.75) is 34.1 Å². The minimum Gasteiger partial charge on any atom is -0.427 e. The van der Waals surface area contributed by atoms with Crippen LogP contribution in [0.15, 0.2) is 41.7 Å². The zero-order valence-electron chi connectivity index (χ0n) is 14.7. The molecule has 0 unspecified atom stereocenters. The smallest absolute Gasteiger partial charge is 0.298 e. The molecule has 0 atom stereocenters. The van der Waals surface area contributed by atoms with E-state index in [1.165, 1.54) is 0 Å². The Labute approximate surface area is 142 Å². The predicted molar refractivity (Wildman–Crippen MR) is 97.6 cm³/mol. The molecule has 132 valence electrons. The van der Waals surface area contributed by atoms with Crippen LogP contribution in [0.5, 0.6) is 5.75 Å². The Kier molecular flexibility index (Phi) is 11.5. The minimum absolute atomic E-state index is 0.375. The van der Waals surface area contributed by atoms with Gasteiger partial charge in [0.05, 0.1) is 5.69 Å². The maximum atomic E-state index is 10.2. The van der Waals surface area contributed by atoms with E-state index in [9.17, 15) is 9.70 Å². The van der Waals surface area contributed by atoms with Crippen LogP contribution in [0, 0.1) is 10.8 Å². The number of ether oxygens (including phenoxy) is 1. The molecule has 0 saturated heterocycles. The topological polar surface area (TPSA) is 91.0 Å². The summed E-state index contributed by atoms with van der Waals surface area (Å²) in [5.74, 6) is 0.982. The van der Waals surface area contributed by atoms with Crippen LogP contribution in [0.25, 0.3) is 10.8 Å². The Bertz CT molecular complexity index is 615. The highest BCUT2D eigenvalue weighted by Crippen LogP contribution is 2.27. The number of hydrogen-bond donors (Lipinski definition) is 1. The molecule has 0 fully saturated rings. The lowest BCUT2D eigenvalue weighted by Gasteiger charge is -2.04. The summed E-state index contributed by atoms with van der Waals surface area (Å²) in [7, 11) is 0. The molecular formula is C18H26N2O4. The van der Waals surface area contributed by atoms with E-state index < -0.39 is 0 Å². The Balaban J connectivity index is 0.000000456. The summed E-state index contributed by atoms with van der Waals surface area (Å²) in [5.41, 5.74) is 6.16. The van der Waals surface area contributed by atoms with Crippen molar-refractivity contribution in [2.75, 3.05) is 12.3 Å². The molecule has 0 amide bonds. The zero-order chi connectivity index (χ0) is 18.4. The summed E-state index contributed by atoms with van der Waals surface area (Å²) in [4.78, 5) is 23.7. The van der Waals surface area contributed by atoms with Crippen molar-refractivity contribution in [3.63, 3.8) is 0 Å². The fraction of sp³-hybridized carbons (Fsp3) is 0.389. The Morgan fingerprint density at radius 2 is 1.75 bits per heavy atom. The lowest BCUT2D eigenvalue weighted by molar-refractivity contribution is -0.120. The lowest BCUT2D eigenvalue weighted by Crippen LogP contribution is -1.94. The van der Waals surface area contributed by atoms with Gasteiger partial charge in [-0.2, -0.15) is 0 Å². The molecule has 0 aliphatic rings. The van der Waals surface area contributed by atoms with Crippen LogP contribution >= 0.6 is 0 Å². The number of rotatable bonds is 6. The predicted octanol–water partition coefficient (Wildman–Crippen LogP) is 4.71. The van der Waals surface area contributed by atoms with Crippen LogP contribution < -0.4 is 10.5 Å². The number of benzene rings is 2. The molecule has 0 aliphatic carbocycles. The number of hydrogen-bond acceptors (Lipinski definition) is 6. The van der Waals surface area contributed by atoms with Crippen molar-refractivity contribution >= 4 is 22.9 Å². The molecule has 2 aromatic carbocycles. The fourth-order valence-electron chi connectivity index (χ4n) is 1.72. The fourth-order valence-corrected chi connectivity index (χ4v) is 1.72. The van der Waals surface area contributed by atoms with E-state index in [1.54, 1.807) is 12.1 Å². The van der Waals surface area contributed by atoms with E-state index in [-0.39, 0.29) is 0 Å². The molecule has 0 bridgehead atoms. The summed E-state index contributed by atoms with van der Waals surface area (Å²) in [5, 5.41) is 4.29. The second-order valence-electron chi connectivity index (χ2n) is 5.04.